The first-order valence-electron chi connectivity index (χ1n) is 6.34. The van der Waals surface area contributed by atoms with Crippen LogP contribution in [-0.4, -0.2) is 43.3 Å². The van der Waals surface area contributed by atoms with Crippen molar-refractivity contribution in [3.63, 3.8) is 0 Å². The summed E-state index contributed by atoms with van der Waals surface area (Å²) in [6, 6.07) is 2.75. The van der Waals surface area contributed by atoms with Crippen LogP contribution in [0.15, 0.2) is 18.2 Å². The quantitative estimate of drug-likeness (QED) is 0.704. The molecule has 0 aliphatic rings. The van der Waals surface area contributed by atoms with Gasteiger partial charge in [-0.05, 0) is 25.1 Å². The molecule has 2 N–H and O–H groups in total. The first-order valence-corrected chi connectivity index (χ1v) is 6.34. The molecule has 0 aliphatic carbocycles. The van der Waals surface area contributed by atoms with Crippen molar-refractivity contribution in [3.05, 3.63) is 35.1 Å². The number of ether oxygens (including phenoxy) is 2. The second-order valence-electron chi connectivity index (χ2n) is 4.38. The van der Waals surface area contributed by atoms with E-state index in [0.29, 0.717) is 13.2 Å². The predicted octanol–water partition coefficient (Wildman–Crippen LogP) is 1.19. The van der Waals surface area contributed by atoms with Gasteiger partial charge < -0.3 is 19.9 Å². The molecule has 0 saturated heterocycles. The summed E-state index contributed by atoms with van der Waals surface area (Å²) in [5.41, 5.74) is 0.400. The minimum Gasteiger partial charge on any atom is -0.480 e. The van der Waals surface area contributed by atoms with Crippen LogP contribution >= 0.6 is 0 Å². The third kappa shape index (κ3) is 5.49. The molecule has 21 heavy (non-hydrogen) atoms. The summed E-state index contributed by atoms with van der Waals surface area (Å²) in [5.74, 6) is -2.22. The van der Waals surface area contributed by atoms with Gasteiger partial charge >= 0.3 is 5.97 Å². The van der Waals surface area contributed by atoms with E-state index >= 15 is 0 Å². The van der Waals surface area contributed by atoms with E-state index in [2.05, 4.69) is 5.32 Å². The Hall–Kier alpha value is -1.99. The van der Waals surface area contributed by atoms with Crippen LogP contribution in [0.3, 0.4) is 0 Å². The topological polar surface area (TPSA) is 84.9 Å². The molecule has 0 saturated carbocycles. The number of hydrogen-bond acceptors (Lipinski definition) is 4. The lowest BCUT2D eigenvalue weighted by atomic mass is 10.1. The summed E-state index contributed by atoms with van der Waals surface area (Å²) in [6.07, 6.45) is 0. The highest BCUT2D eigenvalue weighted by Gasteiger charge is 2.16. The lowest BCUT2D eigenvalue weighted by molar-refractivity contribution is -0.138. The van der Waals surface area contributed by atoms with E-state index in [1.807, 2.05) is 0 Å². The first-order chi connectivity index (χ1) is 9.95. The highest BCUT2D eigenvalue weighted by atomic mass is 19.1. The molecular formula is C14H18FNO5. The molecule has 0 fully saturated rings. The highest BCUT2D eigenvalue weighted by molar-refractivity contribution is 5.96. The molecule has 7 heteroatoms. The smallest absolute Gasteiger partial charge is 0.325 e. The number of hydrogen-bond donors (Lipinski definition) is 2. The second kappa shape index (κ2) is 8.33. The fraction of sp³-hybridized carbons (Fsp3) is 0.429. The van der Waals surface area contributed by atoms with Crippen LogP contribution in [0.5, 0.6) is 0 Å². The molecule has 0 bridgehead atoms. The Balaban J connectivity index is 2.71. The van der Waals surface area contributed by atoms with E-state index in [0.717, 1.165) is 6.07 Å². The molecule has 1 aromatic carbocycles. The standard InChI is InChI=1S/C14H18FNO5/c1-9(14(18)19)16-13(17)10-3-4-12(15)11(7-10)8-21-6-5-20-2/h3-4,7,9H,5-6,8H2,1-2H3,(H,16,17)(H,18,19). The highest BCUT2D eigenvalue weighted by Crippen LogP contribution is 2.12. The second-order valence-corrected chi connectivity index (χ2v) is 4.38. The number of carbonyl (C=O) groups is 2. The largest absolute Gasteiger partial charge is 0.480 e. The van der Waals surface area contributed by atoms with Gasteiger partial charge in [0.15, 0.2) is 0 Å². The minimum absolute atomic E-state index is 0.00476. The number of benzene rings is 1. The average Bonchev–Trinajstić information content (AvgIpc) is 2.45. The van der Waals surface area contributed by atoms with Gasteiger partial charge in [0.2, 0.25) is 0 Å². The van der Waals surface area contributed by atoms with Crippen LogP contribution in [0.1, 0.15) is 22.8 Å². The Labute approximate surface area is 121 Å². The van der Waals surface area contributed by atoms with Crippen LogP contribution in [0.25, 0.3) is 0 Å². The van der Waals surface area contributed by atoms with Gasteiger partial charge in [-0.15, -0.1) is 0 Å². The summed E-state index contributed by atoms with van der Waals surface area (Å²) in [6.45, 7) is 2.05. The van der Waals surface area contributed by atoms with Gasteiger partial charge in [0.1, 0.15) is 11.9 Å². The van der Waals surface area contributed by atoms with E-state index in [-0.39, 0.29) is 17.7 Å². The summed E-state index contributed by atoms with van der Waals surface area (Å²) < 4.78 is 23.6. The Morgan fingerprint density at radius 3 is 2.71 bits per heavy atom. The van der Waals surface area contributed by atoms with Gasteiger partial charge in [0.25, 0.3) is 5.91 Å². The van der Waals surface area contributed by atoms with Gasteiger partial charge in [-0.25, -0.2) is 4.39 Å². The number of amides is 1. The zero-order valence-corrected chi connectivity index (χ0v) is 11.9. The summed E-state index contributed by atoms with van der Waals surface area (Å²) in [5, 5.41) is 11.0. The molecule has 1 rings (SSSR count). The van der Waals surface area contributed by atoms with Gasteiger partial charge in [0, 0.05) is 18.2 Å². The molecule has 1 amide bonds. The van der Waals surface area contributed by atoms with Crippen molar-refractivity contribution in [2.75, 3.05) is 20.3 Å². The van der Waals surface area contributed by atoms with Crippen molar-refractivity contribution in [2.45, 2.75) is 19.6 Å². The summed E-state index contributed by atoms with van der Waals surface area (Å²) in [4.78, 5) is 22.5. The number of carboxylic acids is 1. The molecule has 0 radical (unpaired) electrons. The monoisotopic (exact) mass is 299 g/mol. The van der Waals surface area contributed by atoms with Crippen molar-refractivity contribution in [3.8, 4) is 0 Å². The van der Waals surface area contributed by atoms with Crippen LogP contribution in [0.4, 0.5) is 4.39 Å². The molecule has 1 aromatic rings. The van der Waals surface area contributed by atoms with Crippen LogP contribution in [0.2, 0.25) is 0 Å². The Morgan fingerprint density at radius 1 is 1.38 bits per heavy atom. The van der Waals surface area contributed by atoms with Crippen molar-refractivity contribution in [2.24, 2.45) is 0 Å². The average molecular weight is 299 g/mol. The Bertz CT molecular complexity index is 506. The van der Waals surface area contributed by atoms with E-state index in [9.17, 15) is 14.0 Å². The van der Waals surface area contributed by atoms with Crippen molar-refractivity contribution < 1.29 is 28.6 Å². The fourth-order valence-electron chi connectivity index (χ4n) is 1.49. The maximum Gasteiger partial charge on any atom is 0.325 e. The summed E-state index contributed by atoms with van der Waals surface area (Å²) in [7, 11) is 1.53. The van der Waals surface area contributed by atoms with Crippen LogP contribution in [0, 0.1) is 5.82 Å². The number of carbonyl (C=O) groups excluding carboxylic acids is 1. The SMILES string of the molecule is COCCOCc1cc(C(=O)NC(C)C(=O)O)ccc1F. The molecule has 1 unspecified atom stereocenters. The van der Waals surface area contributed by atoms with Gasteiger partial charge in [-0.1, -0.05) is 0 Å². The van der Waals surface area contributed by atoms with Gasteiger partial charge in [-0.2, -0.15) is 0 Å². The number of carboxylic acid groups (broad SMARTS) is 1. The lowest BCUT2D eigenvalue weighted by Gasteiger charge is -2.11. The van der Waals surface area contributed by atoms with Crippen LogP contribution < -0.4 is 5.32 Å². The van der Waals surface area contributed by atoms with E-state index in [1.54, 1.807) is 0 Å². The molecule has 0 heterocycles. The normalized spacial score (nSPS) is 12.0. The third-order valence-corrected chi connectivity index (χ3v) is 2.72. The minimum atomic E-state index is -1.14. The predicted molar refractivity (Wildman–Crippen MR) is 72.5 cm³/mol. The van der Waals surface area contributed by atoms with Crippen LogP contribution in [-0.2, 0) is 20.9 Å². The van der Waals surface area contributed by atoms with Gasteiger partial charge in [0.05, 0.1) is 19.8 Å². The Kier molecular flexibility index (Phi) is 6.77. The fourth-order valence-corrected chi connectivity index (χ4v) is 1.49. The molecule has 116 valence electrons. The van der Waals surface area contributed by atoms with E-state index in [4.69, 9.17) is 14.6 Å². The lowest BCUT2D eigenvalue weighted by Crippen LogP contribution is -2.38. The van der Waals surface area contributed by atoms with Crippen molar-refractivity contribution >= 4 is 11.9 Å². The zero-order valence-electron chi connectivity index (χ0n) is 11.9. The van der Waals surface area contributed by atoms with Crippen molar-refractivity contribution in [1.29, 1.82) is 0 Å². The molecule has 6 nitrogen and oxygen atoms in total. The number of rotatable bonds is 8. The number of halogens is 1. The number of nitrogens with one attached hydrogen (secondary N) is 1. The number of methoxy groups -OCH3 is 1. The first kappa shape index (κ1) is 17.1. The maximum absolute atomic E-state index is 13.6. The summed E-state index contributed by atoms with van der Waals surface area (Å²) >= 11 is 0. The molecular weight excluding hydrogens is 281 g/mol. The third-order valence-electron chi connectivity index (χ3n) is 2.72. The molecule has 1 atom stereocenters. The molecule has 0 aromatic heterocycles. The van der Waals surface area contributed by atoms with E-state index in [1.165, 1.54) is 26.2 Å². The Morgan fingerprint density at radius 2 is 2.10 bits per heavy atom. The zero-order chi connectivity index (χ0) is 15.8. The molecule has 0 spiro atoms. The van der Waals surface area contributed by atoms with Crippen molar-refractivity contribution in [1.82, 2.24) is 5.32 Å². The molecule has 0 aliphatic heterocycles. The number of aliphatic carboxylic acids is 1. The van der Waals surface area contributed by atoms with Gasteiger partial charge in [-0.3, -0.25) is 9.59 Å². The van der Waals surface area contributed by atoms with E-state index < -0.39 is 23.7 Å². The maximum atomic E-state index is 13.6.